The molecule has 4 nitrogen and oxygen atoms in total. The monoisotopic (exact) mass is 261 g/mol. The van der Waals surface area contributed by atoms with Gasteiger partial charge < -0.3 is 14.5 Å². The van der Waals surface area contributed by atoms with Crippen LogP contribution in [0.2, 0.25) is 0 Å². The molecule has 2 aliphatic rings. The van der Waals surface area contributed by atoms with Crippen LogP contribution in [-0.4, -0.2) is 49.3 Å². The van der Waals surface area contributed by atoms with Gasteiger partial charge in [0.1, 0.15) is 0 Å². The molecule has 1 spiro atoms. The lowest BCUT2D eigenvalue weighted by Gasteiger charge is -2.39. The van der Waals surface area contributed by atoms with E-state index in [1.165, 1.54) is 24.2 Å². The van der Waals surface area contributed by atoms with Crippen molar-refractivity contribution in [2.45, 2.75) is 31.8 Å². The molecule has 0 atom stereocenters. The molecular formula is C15H23N3O. The lowest BCUT2D eigenvalue weighted by Crippen LogP contribution is -2.48. The minimum atomic E-state index is 0.274. The molecule has 104 valence electrons. The van der Waals surface area contributed by atoms with Gasteiger partial charge in [0, 0.05) is 18.8 Å². The molecule has 0 bridgehead atoms. The summed E-state index contributed by atoms with van der Waals surface area (Å²) in [4.78, 5) is 9.49. The van der Waals surface area contributed by atoms with Crippen LogP contribution in [0.15, 0.2) is 12.1 Å². The van der Waals surface area contributed by atoms with E-state index in [0.717, 1.165) is 32.0 Å². The number of hydrogen-bond donors (Lipinski definition) is 0. The molecule has 0 aromatic carbocycles. The largest absolute Gasteiger partial charge is 0.377 e. The van der Waals surface area contributed by atoms with Gasteiger partial charge in [-0.1, -0.05) is 0 Å². The van der Waals surface area contributed by atoms with E-state index in [1.54, 1.807) is 0 Å². The lowest BCUT2D eigenvalue weighted by atomic mass is 10.1. The first-order valence-electron chi connectivity index (χ1n) is 7.07. The van der Waals surface area contributed by atoms with Crippen LogP contribution in [0.5, 0.6) is 0 Å². The summed E-state index contributed by atoms with van der Waals surface area (Å²) in [5.41, 5.74) is 3.87. The van der Waals surface area contributed by atoms with Crippen LogP contribution in [0, 0.1) is 6.92 Å². The Hall–Kier alpha value is -1.13. The van der Waals surface area contributed by atoms with Crippen LogP contribution < -0.4 is 4.90 Å². The normalized spacial score (nSPS) is 21.2. The number of nitrogens with zero attached hydrogens (tertiary/aromatic N) is 3. The van der Waals surface area contributed by atoms with Gasteiger partial charge in [0.15, 0.2) is 0 Å². The van der Waals surface area contributed by atoms with Gasteiger partial charge in [0.2, 0.25) is 0 Å². The second kappa shape index (κ2) is 4.76. The summed E-state index contributed by atoms with van der Waals surface area (Å²) < 4.78 is 5.67. The van der Waals surface area contributed by atoms with Crippen molar-refractivity contribution in [3.05, 3.63) is 23.5 Å². The Kier molecular flexibility index (Phi) is 3.23. The van der Waals surface area contributed by atoms with E-state index in [0.29, 0.717) is 0 Å². The molecule has 1 aliphatic heterocycles. The first-order valence-corrected chi connectivity index (χ1v) is 7.07. The summed E-state index contributed by atoms with van der Waals surface area (Å²) in [7, 11) is 4.19. The summed E-state index contributed by atoms with van der Waals surface area (Å²) in [6.07, 6.45) is 2.50. The summed E-state index contributed by atoms with van der Waals surface area (Å²) in [6, 6.07) is 4.37. The zero-order chi connectivity index (χ0) is 13.5. The molecule has 1 aliphatic carbocycles. The number of aromatic nitrogens is 1. The molecule has 3 rings (SSSR count). The smallest absolute Gasteiger partial charge is 0.0779 e. The van der Waals surface area contributed by atoms with E-state index in [2.05, 4.69) is 43.0 Å². The van der Waals surface area contributed by atoms with Crippen molar-refractivity contribution in [2.24, 2.45) is 0 Å². The second-order valence-electron chi connectivity index (χ2n) is 6.08. The highest BCUT2D eigenvalue weighted by atomic mass is 16.5. The van der Waals surface area contributed by atoms with Crippen molar-refractivity contribution < 1.29 is 4.74 Å². The van der Waals surface area contributed by atoms with Crippen LogP contribution >= 0.6 is 0 Å². The van der Waals surface area contributed by atoms with Crippen LogP contribution in [0.25, 0.3) is 0 Å². The molecule has 4 heteroatoms. The maximum Gasteiger partial charge on any atom is 0.0779 e. The van der Waals surface area contributed by atoms with E-state index in [9.17, 15) is 0 Å². The Balaban J connectivity index is 1.94. The van der Waals surface area contributed by atoms with Crippen LogP contribution in [-0.2, 0) is 11.3 Å². The lowest BCUT2D eigenvalue weighted by molar-refractivity contribution is 0.0862. The van der Waals surface area contributed by atoms with Crippen molar-refractivity contribution in [1.82, 2.24) is 9.88 Å². The molecule has 0 unspecified atom stereocenters. The van der Waals surface area contributed by atoms with Crippen molar-refractivity contribution in [3.63, 3.8) is 0 Å². The zero-order valence-electron chi connectivity index (χ0n) is 12.1. The third-order valence-corrected chi connectivity index (χ3v) is 4.08. The summed E-state index contributed by atoms with van der Waals surface area (Å²) in [5, 5.41) is 0. The quantitative estimate of drug-likeness (QED) is 0.830. The fraction of sp³-hybridized carbons (Fsp3) is 0.667. The van der Waals surface area contributed by atoms with Gasteiger partial charge in [-0.25, -0.2) is 0 Å². The van der Waals surface area contributed by atoms with Crippen molar-refractivity contribution >= 4 is 5.69 Å². The van der Waals surface area contributed by atoms with Crippen LogP contribution in [0.4, 0.5) is 5.69 Å². The molecule has 0 radical (unpaired) electrons. The number of pyridine rings is 1. The van der Waals surface area contributed by atoms with Gasteiger partial charge >= 0.3 is 0 Å². The van der Waals surface area contributed by atoms with Gasteiger partial charge in [-0.2, -0.15) is 0 Å². The van der Waals surface area contributed by atoms with Gasteiger partial charge in [0.25, 0.3) is 0 Å². The predicted octanol–water partition coefficient (Wildman–Crippen LogP) is 1.82. The Morgan fingerprint density at radius 3 is 2.84 bits per heavy atom. The number of ether oxygens (including phenoxy) is 1. The molecule has 1 saturated carbocycles. The van der Waals surface area contributed by atoms with E-state index in [1.807, 2.05) is 0 Å². The third kappa shape index (κ3) is 2.47. The minimum Gasteiger partial charge on any atom is -0.377 e. The number of rotatable bonds is 3. The first-order chi connectivity index (χ1) is 9.11. The predicted molar refractivity (Wildman–Crippen MR) is 76.5 cm³/mol. The van der Waals surface area contributed by atoms with Crippen molar-refractivity contribution in [1.29, 1.82) is 0 Å². The average molecular weight is 261 g/mol. The third-order valence-electron chi connectivity index (χ3n) is 4.08. The summed E-state index contributed by atoms with van der Waals surface area (Å²) in [6.45, 7) is 5.66. The molecule has 2 heterocycles. The Bertz CT molecular complexity index is 468. The number of hydrogen-bond acceptors (Lipinski definition) is 4. The van der Waals surface area contributed by atoms with Crippen LogP contribution in [0.1, 0.15) is 24.2 Å². The maximum atomic E-state index is 5.67. The Morgan fingerprint density at radius 1 is 1.37 bits per heavy atom. The van der Waals surface area contributed by atoms with Crippen molar-refractivity contribution in [2.75, 3.05) is 38.8 Å². The zero-order valence-corrected chi connectivity index (χ0v) is 12.1. The molecule has 19 heavy (non-hydrogen) atoms. The van der Waals surface area contributed by atoms with Crippen LogP contribution in [0.3, 0.4) is 0 Å². The van der Waals surface area contributed by atoms with E-state index in [-0.39, 0.29) is 5.54 Å². The number of anilines is 1. The standard InChI is InChI=1S/C15H23N3O/c1-12-4-5-14(13(16-12)10-17(2)3)18-8-9-19-11-15(18)6-7-15/h4-5H,6-11H2,1-3H3. The SMILES string of the molecule is Cc1ccc(N2CCOCC23CC3)c(CN(C)C)n1. The molecule has 0 amide bonds. The highest BCUT2D eigenvalue weighted by molar-refractivity contribution is 5.56. The minimum absolute atomic E-state index is 0.274. The highest BCUT2D eigenvalue weighted by Crippen LogP contribution is 2.46. The molecule has 2 fully saturated rings. The highest BCUT2D eigenvalue weighted by Gasteiger charge is 2.50. The molecule has 1 saturated heterocycles. The number of aryl methyl sites for hydroxylation is 1. The van der Waals surface area contributed by atoms with Gasteiger partial charge in [-0.3, -0.25) is 4.98 Å². The summed E-state index contributed by atoms with van der Waals surface area (Å²) >= 11 is 0. The molecule has 1 aromatic heterocycles. The second-order valence-corrected chi connectivity index (χ2v) is 6.08. The van der Waals surface area contributed by atoms with Gasteiger partial charge in [0.05, 0.1) is 30.1 Å². The Morgan fingerprint density at radius 2 is 2.16 bits per heavy atom. The fourth-order valence-electron chi connectivity index (χ4n) is 2.93. The molecular weight excluding hydrogens is 238 g/mol. The molecule has 1 aromatic rings. The average Bonchev–Trinajstić information content (AvgIpc) is 3.10. The topological polar surface area (TPSA) is 28.6 Å². The molecule has 0 N–H and O–H groups in total. The summed E-state index contributed by atoms with van der Waals surface area (Å²) in [5.74, 6) is 0. The van der Waals surface area contributed by atoms with E-state index >= 15 is 0 Å². The van der Waals surface area contributed by atoms with E-state index < -0.39 is 0 Å². The fourth-order valence-corrected chi connectivity index (χ4v) is 2.93. The maximum absolute atomic E-state index is 5.67. The van der Waals surface area contributed by atoms with Crippen molar-refractivity contribution in [3.8, 4) is 0 Å². The number of morpholine rings is 1. The van der Waals surface area contributed by atoms with Gasteiger partial charge in [-0.15, -0.1) is 0 Å². The van der Waals surface area contributed by atoms with E-state index in [4.69, 9.17) is 9.72 Å². The first kappa shape index (κ1) is 12.9. The van der Waals surface area contributed by atoms with Gasteiger partial charge in [-0.05, 0) is 46.0 Å². The Labute approximate surface area is 115 Å².